The van der Waals surface area contributed by atoms with E-state index in [4.69, 9.17) is 16.7 Å². The summed E-state index contributed by atoms with van der Waals surface area (Å²) in [4.78, 5) is 1.14. The third-order valence-electron chi connectivity index (χ3n) is 4.18. The highest BCUT2D eigenvalue weighted by molar-refractivity contribution is 7.19. The highest BCUT2D eigenvalue weighted by Crippen LogP contribution is 2.38. The Kier molecular flexibility index (Phi) is 3.87. The molecule has 3 aromatic rings. The van der Waals surface area contributed by atoms with Gasteiger partial charge in [-0.15, -0.1) is 11.3 Å². The number of benzene rings is 1. The zero-order valence-electron chi connectivity index (χ0n) is 13.0. The summed E-state index contributed by atoms with van der Waals surface area (Å²) in [7, 11) is 0. The Balaban J connectivity index is 1.91. The van der Waals surface area contributed by atoms with Crippen LogP contribution in [0.2, 0.25) is 4.34 Å². The van der Waals surface area contributed by atoms with Gasteiger partial charge in [-0.05, 0) is 56.0 Å². The molecular weight excluding hydrogens is 326 g/mol. The Morgan fingerprint density at radius 3 is 2.91 bits per heavy atom. The van der Waals surface area contributed by atoms with Crippen LogP contribution in [0.4, 0.5) is 5.82 Å². The van der Waals surface area contributed by atoms with E-state index in [1.807, 2.05) is 6.07 Å². The molecule has 0 unspecified atom stereocenters. The predicted octanol–water partition coefficient (Wildman–Crippen LogP) is 5.31. The van der Waals surface area contributed by atoms with E-state index < -0.39 is 0 Å². The second kappa shape index (κ2) is 6.02. The fraction of sp³-hybridized carbons (Fsp3) is 0.278. The Hall–Kier alpha value is -1.78. The maximum Gasteiger partial charge on any atom is 0.133 e. The molecule has 0 bridgehead atoms. The van der Waals surface area contributed by atoms with Gasteiger partial charge in [0.2, 0.25) is 0 Å². The minimum atomic E-state index is 0.806. The molecule has 0 amide bonds. The summed E-state index contributed by atoms with van der Waals surface area (Å²) < 4.78 is 2.86. The first-order chi connectivity index (χ1) is 11.2. The topological polar surface area (TPSA) is 29.9 Å². The van der Waals surface area contributed by atoms with E-state index in [9.17, 15) is 0 Å². The van der Waals surface area contributed by atoms with Crippen molar-refractivity contribution in [2.75, 3.05) is 11.9 Å². The number of hydrogen-bond donors (Lipinski definition) is 1. The van der Waals surface area contributed by atoms with E-state index in [1.165, 1.54) is 24.0 Å². The molecule has 3 nitrogen and oxygen atoms in total. The number of nitrogens with zero attached hydrogens (tertiary/aromatic N) is 2. The maximum absolute atomic E-state index is 6.14. The molecule has 0 fully saturated rings. The average Bonchev–Trinajstić information content (AvgIpc) is 3.03. The summed E-state index contributed by atoms with van der Waals surface area (Å²) in [6, 6.07) is 12.5. The van der Waals surface area contributed by atoms with Crippen molar-refractivity contribution in [2.45, 2.75) is 26.2 Å². The van der Waals surface area contributed by atoms with Crippen LogP contribution in [0.3, 0.4) is 0 Å². The van der Waals surface area contributed by atoms with Crippen molar-refractivity contribution >= 4 is 28.8 Å². The minimum Gasteiger partial charge on any atom is -0.370 e. The van der Waals surface area contributed by atoms with Crippen LogP contribution in [-0.2, 0) is 6.42 Å². The lowest BCUT2D eigenvalue weighted by molar-refractivity contribution is 0.780. The van der Waals surface area contributed by atoms with E-state index in [0.29, 0.717) is 0 Å². The molecule has 0 radical (unpaired) electrons. The van der Waals surface area contributed by atoms with Crippen molar-refractivity contribution in [1.29, 1.82) is 0 Å². The number of thiophene rings is 1. The lowest BCUT2D eigenvalue weighted by Gasteiger charge is -2.09. The lowest BCUT2D eigenvalue weighted by atomic mass is 10.1. The molecule has 4 rings (SSSR count). The average molecular weight is 344 g/mol. The first-order valence-electron chi connectivity index (χ1n) is 7.91. The molecule has 118 valence electrons. The maximum atomic E-state index is 6.14. The second-order valence-corrected chi connectivity index (χ2v) is 7.63. The molecule has 23 heavy (non-hydrogen) atoms. The van der Waals surface area contributed by atoms with E-state index in [-0.39, 0.29) is 0 Å². The number of rotatable bonds is 2. The van der Waals surface area contributed by atoms with Gasteiger partial charge >= 0.3 is 0 Å². The molecule has 2 aromatic heterocycles. The number of anilines is 1. The summed E-state index contributed by atoms with van der Waals surface area (Å²) in [5.41, 5.74) is 4.71. The number of aromatic nitrogens is 2. The highest BCUT2D eigenvalue weighted by Gasteiger charge is 2.22. The first-order valence-corrected chi connectivity index (χ1v) is 9.10. The van der Waals surface area contributed by atoms with Gasteiger partial charge in [-0.3, -0.25) is 0 Å². The Labute approximate surface area is 144 Å². The van der Waals surface area contributed by atoms with E-state index in [1.54, 1.807) is 11.3 Å². The molecule has 5 heteroatoms. The van der Waals surface area contributed by atoms with Crippen LogP contribution in [0, 0.1) is 6.92 Å². The zero-order valence-corrected chi connectivity index (χ0v) is 14.5. The summed E-state index contributed by atoms with van der Waals surface area (Å²) in [6.45, 7) is 3.11. The Morgan fingerprint density at radius 1 is 1.22 bits per heavy atom. The van der Waals surface area contributed by atoms with Crippen LogP contribution in [0.1, 0.15) is 24.0 Å². The van der Waals surface area contributed by atoms with Crippen molar-refractivity contribution < 1.29 is 0 Å². The third kappa shape index (κ3) is 2.77. The first kappa shape index (κ1) is 14.8. The number of nitrogens with one attached hydrogen (secondary N) is 1. The monoisotopic (exact) mass is 343 g/mol. The summed E-state index contributed by atoms with van der Waals surface area (Å²) in [5, 5.41) is 8.52. The van der Waals surface area contributed by atoms with Crippen molar-refractivity contribution in [2.24, 2.45) is 0 Å². The lowest BCUT2D eigenvalue weighted by Crippen LogP contribution is -2.07. The van der Waals surface area contributed by atoms with Gasteiger partial charge in [0.1, 0.15) is 11.5 Å². The molecular formula is C18H18ClN3S. The van der Waals surface area contributed by atoms with Gasteiger partial charge < -0.3 is 5.32 Å². The van der Waals surface area contributed by atoms with E-state index >= 15 is 0 Å². The fourth-order valence-corrected chi connectivity index (χ4v) is 4.14. The van der Waals surface area contributed by atoms with Crippen LogP contribution < -0.4 is 5.32 Å². The van der Waals surface area contributed by atoms with Crippen molar-refractivity contribution in [3.05, 3.63) is 51.9 Å². The SMILES string of the molecule is Cc1cccc(-n2nc(-c3ccc(Cl)s3)c3c2NCCCC3)c1. The van der Waals surface area contributed by atoms with Crippen LogP contribution in [0.5, 0.6) is 0 Å². The normalized spacial score (nSPS) is 14.2. The number of fused-ring (bicyclic) bond motifs is 1. The van der Waals surface area contributed by atoms with Crippen LogP contribution in [-0.4, -0.2) is 16.3 Å². The molecule has 0 atom stereocenters. The van der Waals surface area contributed by atoms with Crippen LogP contribution in [0.25, 0.3) is 16.3 Å². The molecule has 0 aliphatic carbocycles. The second-order valence-electron chi connectivity index (χ2n) is 5.91. The summed E-state index contributed by atoms with van der Waals surface area (Å²) in [5.74, 6) is 1.13. The molecule has 1 N–H and O–H groups in total. The molecule has 0 saturated carbocycles. The fourth-order valence-electron chi connectivity index (χ4n) is 3.09. The van der Waals surface area contributed by atoms with Crippen LogP contribution >= 0.6 is 22.9 Å². The van der Waals surface area contributed by atoms with Gasteiger partial charge in [0.15, 0.2) is 0 Å². The van der Waals surface area contributed by atoms with Gasteiger partial charge in [-0.2, -0.15) is 5.10 Å². The highest BCUT2D eigenvalue weighted by atomic mass is 35.5. The number of halogens is 1. The Bertz CT molecular complexity index is 850. The smallest absolute Gasteiger partial charge is 0.133 e. The van der Waals surface area contributed by atoms with Gasteiger partial charge in [-0.1, -0.05) is 23.7 Å². The number of aryl methyl sites for hydroxylation is 1. The third-order valence-corrected chi connectivity index (χ3v) is 5.42. The predicted molar refractivity (Wildman–Crippen MR) is 98.1 cm³/mol. The van der Waals surface area contributed by atoms with E-state index in [2.05, 4.69) is 47.3 Å². The molecule has 0 spiro atoms. The molecule has 1 aliphatic rings. The Morgan fingerprint density at radius 2 is 2.13 bits per heavy atom. The van der Waals surface area contributed by atoms with E-state index in [0.717, 1.165) is 39.4 Å². The van der Waals surface area contributed by atoms with Gasteiger partial charge in [-0.25, -0.2) is 4.68 Å². The minimum absolute atomic E-state index is 0.806. The quantitative estimate of drug-likeness (QED) is 0.683. The molecule has 3 heterocycles. The summed E-state index contributed by atoms with van der Waals surface area (Å²) in [6.07, 6.45) is 3.43. The largest absolute Gasteiger partial charge is 0.370 e. The van der Waals surface area contributed by atoms with Crippen molar-refractivity contribution in [3.8, 4) is 16.3 Å². The van der Waals surface area contributed by atoms with Gasteiger partial charge in [0, 0.05) is 12.1 Å². The summed E-state index contributed by atoms with van der Waals surface area (Å²) >= 11 is 7.73. The standard InChI is InChI=1S/C18H18ClN3S/c1-12-5-4-6-13(11-12)22-18-14(7-2-3-10-20-18)17(21-22)15-8-9-16(19)23-15/h4-6,8-9,11,20H,2-3,7,10H2,1H3. The molecule has 0 saturated heterocycles. The van der Waals surface area contributed by atoms with Crippen molar-refractivity contribution in [3.63, 3.8) is 0 Å². The van der Waals surface area contributed by atoms with Crippen LogP contribution in [0.15, 0.2) is 36.4 Å². The molecule has 1 aromatic carbocycles. The zero-order chi connectivity index (χ0) is 15.8. The van der Waals surface area contributed by atoms with Crippen molar-refractivity contribution in [1.82, 2.24) is 9.78 Å². The van der Waals surface area contributed by atoms with Gasteiger partial charge in [0.05, 0.1) is 14.9 Å². The number of hydrogen-bond acceptors (Lipinski definition) is 3. The molecule has 1 aliphatic heterocycles. The van der Waals surface area contributed by atoms with Gasteiger partial charge in [0.25, 0.3) is 0 Å².